The normalized spacial score (nSPS) is 11.2. The van der Waals surface area contributed by atoms with Gasteiger partial charge in [0.05, 0.1) is 33.2 Å². The van der Waals surface area contributed by atoms with E-state index in [1.807, 2.05) is 0 Å². The van der Waals surface area contributed by atoms with E-state index >= 15 is 0 Å². The van der Waals surface area contributed by atoms with Crippen molar-refractivity contribution in [3.63, 3.8) is 0 Å². The van der Waals surface area contributed by atoms with Gasteiger partial charge >= 0.3 is 5.97 Å². The number of benzene rings is 2. The number of hydrogen-bond donors (Lipinski definition) is 2. The van der Waals surface area contributed by atoms with Gasteiger partial charge in [0.2, 0.25) is 5.95 Å². The van der Waals surface area contributed by atoms with Crippen LogP contribution < -0.4 is 5.32 Å². The van der Waals surface area contributed by atoms with Crippen LogP contribution in [0.2, 0.25) is 10.0 Å². The molecule has 132 valence electrons. The van der Waals surface area contributed by atoms with Gasteiger partial charge in [0.1, 0.15) is 0 Å². The van der Waals surface area contributed by atoms with E-state index in [0.29, 0.717) is 39.5 Å². The van der Waals surface area contributed by atoms with Crippen molar-refractivity contribution in [1.29, 1.82) is 0 Å². The number of esters is 1. The van der Waals surface area contributed by atoms with E-state index in [4.69, 9.17) is 27.9 Å². The van der Waals surface area contributed by atoms with Gasteiger partial charge in [-0.05, 0) is 43.3 Å². The van der Waals surface area contributed by atoms with Crippen LogP contribution in [0.4, 0.5) is 11.6 Å². The molecular weight excluding hydrogens is 377 g/mol. The van der Waals surface area contributed by atoms with Crippen LogP contribution in [0.25, 0.3) is 16.8 Å². The first kappa shape index (κ1) is 16.7. The number of anilines is 2. The highest BCUT2D eigenvalue weighted by atomic mass is 35.5. The Balaban J connectivity index is 1.67. The zero-order valence-corrected chi connectivity index (χ0v) is 15.1. The van der Waals surface area contributed by atoms with Crippen molar-refractivity contribution in [2.75, 3.05) is 11.9 Å². The standard InChI is InChI=1S/C17H13Cl2N5O2/c1-2-26-15(25)9-3-6-14-13(7-9)21-17-22-16(23-24(14)17)20-10-4-5-11(18)12(19)8-10/h3-8H,2H2,1H3,(H2,20,21,22,23). The number of carbonyl (C=O) groups is 1. The molecule has 0 saturated carbocycles. The highest BCUT2D eigenvalue weighted by Gasteiger charge is 2.13. The largest absolute Gasteiger partial charge is 0.462 e. The Hall–Kier alpha value is -2.77. The smallest absolute Gasteiger partial charge is 0.338 e. The van der Waals surface area contributed by atoms with Crippen molar-refractivity contribution in [1.82, 2.24) is 19.6 Å². The second kappa shape index (κ2) is 6.51. The van der Waals surface area contributed by atoms with Gasteiger partial charge in [0.15, 0.2) is 0 Å². The van der Waals surface area contributed by atoms with Gasteiger partial charge in [0.25, 0.3) is 5.78 Å². The van der Waals surface area contributed by atoms with E-state index < -0.39 is 0 Å². The summed E-state index contributed by atoms with van der Waals surface area (Å²) in [4.78, 5) is 20.7. The van der Waals surface area contributed by atoms with E-state index in [1.54, 1.807) is 47.8 Å². The SMILES string of the molecule is CCOC(=O)c1ccc2c(c1)nc1nc(Nc3ccc(Cl)c(Cl)c3)[nH]n12. The lowest BCUT2D eigenvalue weighted by Gasteiger charge is -2.04. The number of aromatic nitrogens is 4. The molecule has 0 aliphatic heterocycles. The molecule has 4 rings (SSSR count). The highest BCUT2D eigenvalue weighted by molar-refractivity contribution is 6.42. The number of carbonyl (C=O) groups excluding carboxylic acids is 1. The van der Waals surface area contributed by atoms with Crippen LogP contribution in [-0.2, 0) is 4.74 Å². The zero-order chi connectivity index (χ0) is 18.3. The average Bonchev–Trinajstić information content (AvgIpc) is 3.14. The van der Waals surface area contributed by atoms with Crippen molar-refractivity contribution in [2.45, 2.75) is 6.92 Å². The summed E-state index contributed by atoms with van der Waals surface area (Å²) in [7, 11) is 0. The minimum absolute atomic E-state index is 0.326. The quantitative estimate of drug-likeness (QED) is 0.504. The second-order valence-corrected chi connectivity index (χ2v) is 6.31. The third kappa shape index (κ3) is 2.95. The van der Waals surface area contributed by atoms with E-state index in [-0.39, 0.29) is 5.97 Å². The summed E-state index contributed by atoms with van der Waals surface area (Å²) < 4.78 is 6.74. The van der Waals surface area contributed by atoms with Crippen LogP contribution >= 0.6 is 23.2 Å². The molecular formula is C17H13Cl2N5O2. The Kier molecular flexibility index (Phi) is 4.18. The fourth-order valence-corrected chi connectivity index (χ4v) is 2.89. The number of halogens is 2. The number of aromatic amines is 1. The van der Waals surface area contributed by atoms with Crippen LogP contribution in [0.3, 0.4) is 0 Å². The number of nitrogens with zero attached hydrogens (tertiary/aromatic N) is 3. The zero-order valence-electron chi connectivity index (χ0n) is 13.6. The van der Waals surface area contributed by atoms with Gasteiger partial charge in [-0.2, -0.15) is 4.98 Å². The van der Waals surface area contributed by atoms with Crippen molar-refractivity contribution >= 4 is 57.6 Å². The van der Waals surface area contributed by atoms with E-state index in [2.05, 4.69) is 20.4 Å². The molecule has 2 heterocycles. The number of ether oxygens (including phenoxy) is 1. The molecule has 0 unspecified atom stereocenters. The van der Waals surface area contributed by atoms with Crippen LogP contribution in [0.15, 0.2) is 36.4 Å². The minimum Gasteiger partial charge on any atom is -0.462 e. The van der Waals surface area contributed by atoms with Crippen LogP contribution in [0.1, 0.15) is 17.3 Å². The number of fused-ring (bicyclic) bond motifs is 3. The molecule has 0 amide bonds. The Morgan fingerprint density at radius 2 is 2.04 bits per heavy atom. The maximum Gasteiger partial charge on any atom is 0.338 e. The fourth-order valence-electron chi connectivity index (χ4n) is 2.59. The summed E-state index contributed by atoms with van der Waals surface area (Å²) in [5, 5.41) is 7.16. The van der Waals surface area contributed by atoms with Gasteiger partial charge in [0, 0.05) is 5.69 Å². The van der Waals surface area contributed by atoms with Crippen LogP contribution in [0.5, 0.6) is 0 Å². The Morgan fingerprint density at radius 3 is 2.81 bits per heavy atom. The molecule has 0 saturated heterocycles. The summed E-state index contributed by atoms with van der Waals surface area (Å²) >= 11 is 11.9. The lowest BCUT2D eigenvalue weighted by atomic mass is 10.2. The monoisotopic (exact) mass is 389 g/mol. The highest BCUT2D eigenvalue weighted by Crippen LogP contribution is 2.26. The van der Waals surface area contributed by atoms with Gasteiger partial charge in [-0.3, -0.25) is 5.10 Å². The number of imidazole rings is 1. The number of H-pyrrole nitrogens is 1. The molecule has 2 N–H and O–H groups in total. The minimum atomic E-state index is -0.374. The van der Waals surface area contributed by atoms with Gasteiger partial charge in [-0.15, -0.1) is 0 Å². The first-order valence-electron chi connectivity index (χ1n) is 7.82. The summed E-state index contributed by atoms with van der Waals surface area (Å²) in [5.41, 5.74) is 2.64. The molecule has 2 aromatic heterocycles. The Morgan fingerprint density at radius 1 is 1.19 bits per heavy atom. The number of hydrogen-bond acceptors (Lipinski definition) is 5. The maximum atomic E-state index is 11.8. The summed E-state index contributed by atoms with van der Waals surface area (Å²) in [5.74, 6) is 0.604. The van der Waals surface area contributed by atoms with Crippen LogP contribution in [0, 0.1) is 0 Å². The molecule has 7 nitrogen and oxygen atoms in total. The second-order valence-electron chi connectivity index (χ2n) is 5.50. The third-order valence-electron chi connectivity index (χ3n) is 3.76. The molecule has 0 aliphatic carbocycles. The lowest BCUT2D eigenvalue weighted by molar-refractivity contribution is 0.0526. The molecule has 26 heavy (non-hydrogen) atoms. The predicted octanol–water partition coefficient (Wildman–Crippen LogP) is 4.44. The van der Waals surface area contributed by atoms with Gasteiger partial charge in [-0.25, -0.2) is 14.3 Å². The summed E-state index contributed by atoms with van der Waals surface area (Å²) in [6.45, 7) is 2.09. The van der Waals surface area contributed by atoms with Gasteiger partial charge in [-0.1, -0.05) is 23.2 Å². The van der Waals surface area contributed by atoms with Crippen molar-refractivity contribution in [3.8, 4) is 0 Å². The molecule has 0 bridgehead atoms. The van der Waals surface area contributed by atoms with Crippen molar-refractivity contribution in [3.05, 3.63) is 52.0 Å². The summed E-state index contributed by atoms with van der Waals surface area (Å²) in [6, 6.07) is 10.4. The molecule has 9 heteroatoms. The van der Waals surface area contributed by atoms with Crippen molar-refractivity contribution < 1.29 is 9.53 Å². The predicted molar refractivity (Wildman–Crippen MR) is 101 cm³/mol. The van der Waals surface area contributed by atoms with Crippen molar-refractivity contribution in [2.24, 2.45) is 0 Å². The molecule has 0 radical (unpaired) electrons. The topological polar surface area (TPSA) is 84.3 Å². The average molecular weight is 390 g/mol. The van der Waals surface area contributed by atoms with E-state index in [1.165, 1.54) is 0 Å². The first-order chi connectivity index (χ1) is 12.5. The van der Waals surface area contributed by atoms with E-state index in [0.717, 1.165) is 11.2 Å². The third-order valence-corrected chi connectivity index (χ3v) is 4.50. The number of rotatable bonds is 4. The summed E-state index contributed by atoms with van der Waals surface area (Å²) in [6.07, 6.45) is 0. The van der Waals surface area contributed by atoms with Crippen LogP contribution in [-0.4, -0.2) is 32.2 Å². The Bertz CT molecular complexity index is 1140. The molecule has 4 aromatic rings. The van der Waals surface area contributed by atoms with E-state index in [9.17, 15) is 4.79 Å². The maximum absolute atomic E-state index is 11.8. The van der Waals surface area contributed by atoms with Gasteiger partial charge < -0.3 is 10.1 Å². The molecule has 0 aliphatic rings. The number of nitrogens with one attached hydrogen (secondary N) is 2. The Labute approximate surface area is 157 Å². The molecule has 0 atom stereocenters. The fraction of sp³-hybridized carbons (Fsp3) is 0.118. The molecule has 2 aromatic carbocycles. The lowest BCUT2D eigenvalue weighted by Crippen LogP contribution is -2.04. The molecule has 0 fully saturated rings. The first-order valence-corrected chi connectivity index (χ1v) is 8.58. The molecule has 0 spiro atoms.